The first-order chi connectivity index (χ1) is 11.6. The number of alkyl halides is 5. The van der Waals surface area contributed by atoms with Crippen molar-refractivity contribution in [2.45, 2.75) is 44.2 Å². The van der Waals surface area contributed by atoms with Crippen LogP contribution in [0.4, 0.5) is 22.0 Å². The van der Waals surface area contributed by atoms with E-state index in [1.807, 2.05) is 0 Å². The second-order valence-corrected chi connectivity index (χ2v) is 6.69. The average molecular weight is 378 g/mol. The molecular formula is C16H13ClF5N3. The van der Waals surface area contributed by atoms with Crippen molar-refractivity contribution in [3.63, 3.8) is 0 Å². The third kappa shape index (κ3) is 3.56. The van der Waals surface area contributed by atoms with Gasteiger partial charge in [-0.05, 0) is 25.2 Å². The van der Waals surface area contributed by atoms with Crippen LogP contribution in [0.5, 0.6) is 0 Å². The van der Waals surface area contributed by atoms with Crippen molar-refractivity contribution < 1.29 is 22.0 Å². The molecule has 0 aromatic carbocycles. The van der Waals surface area contributed by atoms with Crippen molar-refractivity contribution in [2.24, 2.45) is 5.92 Å². The zero-order valence-electron chi connectivity index (χ0n) is 12.9. The number of imidazole rings is 1. The molecule has 25 heavy (non-hydrogen) atoms. The van der Waals surface area contributed by atoms with E-state index in [0.717, 1.165) is 0 Å². The van der Waals surface area contributed by atoms with Crippen molar-refractivity contribution in [3.8, 4) is 6.07 Å². The Hall–Kier alpha value is -1.88. The van der Waals surface area contributed by atoms with Crippen molar-refractivity contribution >= 4 is 17.2 Å². The summed E-state index contributed by atoms with van der Waals surface area (Å²) in [6, 6.07) is 2.99. The molecule has 9 heteroatoms. The van der Waals surface area contributed by atoms with E-state index in [4.69, 9.17) is 16.9 Å². The first-order valence-electron chi connectivity index (χ1n) is 7.66. The molecule has 2 aromatic rings. The zero-order chi connectivity index (χ0) is 18.4. The lowest BCUT2D eigenvalue weighted by Crippen LogP contribution is -2.26. The first kappa shape index (κ1) is 17.9. The topological polar surface area (TPSA) is 41.1 Å². The number of nitriles is 1. The Bertz CT molecular complexity index is 840. The SMILES string of the molecule is N#Cc1cc2nc(C(F)(F)F)c(CC3CCC(F)(F)CC3)n2cc1Cl. The van der Waals surface area contributed by atoms with Gasteiger partial charge >= 0.3 is 6.18 Å². The van der Waals surface area contributed by atoms with Crippen LogP contribution in [0.3, 0.4) is 0 Å². The van der Waals surface area contributed by atoms with Crippen molar-refractivity contribution in [2.75, 3.05) is 0 Å². The predicted molar refractivity (Wildman–Crippen MR) is 80.5 cm³/mol. The Kier molecular flexibility index (Phi) is 4.40. The number of rotatable bonds is 2. The molecule has 0 unspecified atom stereocenters. The van der Waals surface area contributed by atoms with Crippen LogP contribution in [0.15, 0.2) is 12.3 Å². The third-order valence-corrected chi connectivity index (χ3v) is 4.82. The minimum absolute atomic E-state index is 0.0116. The van der Waals surface area contributed by atoms with E-state index < -0.39 is 17.8 Å². The minimum Gasteiger partial charge on any atom is -0.302 e. The molecule has 1 aliphatic rings. The van der Waals surface area contributed by atoms with Crippen molar-refractivity contribution in [1.29, 1.82) is 5.26 Å². The molecule has 0 radical (unpaired) electrons. The van der Waals surface area contributed by atoms with Crippen molar-refractivity contribution in [1.82, 2.24) is 9.38 Å². The maximum Gasteiger partial charge on any atom is 0.435 e. The Labute approximate surface area is 145 Å². The van der Waals surface area contributed by atoms with Gasteiger partial charge in [-0.3, -0.25) is 0 Å². The van der Waals surface area contributed by atoms with E-state index >= 15 is 0 Å². The molecule has 0 amide bonds. The van der Waals surface area contributed by atoms with Gasteiger partial charge in [-0.15, -0.1) is 0 Å². The molecule has 2 aromatic heterocycles. The Morgan fingerprint density at radius 3 is 2.52 bits per heavy atom. The molecule has 3 nitrogen and oxygen atoms in total. The number of halogens is 6. The number of aromatic nitrogens is 2. The van der Waals surface area contributed by atoms with Crippen LogP contribution in [-0.2, 0) is 12.6 Å². The molecule has 1 saturated carbocycles. The standard InChI is InChI=1S/C16H13ClF5N3/c17-11-8-25-12(5-9-1-3-15(18,19)4-2-9)14(16(20,21)22)24-13(25)6-10(11)7-23/h6,8-9H,1-5H2. The van der Waals surface area contributed by atoms with Gasteiger partial charge in [0.05, 0.1) is 16.3 Å². The summed E-state index contributed by atoms with van der Waals surface area (Å²) < 4.78 is 67.8. The Morgan fingerprint density at radius 2 is 1.96 bits per heavy atom. The third-order valence-electron chi connectivity index (χ3n) is 4.52. The first-order valence-corrected chi connectivity index (χ1v) is 8.04. The molecule has 0 saturated heterocycles. The molecule has 0 aliphatic heterocycles. The maximum absolute atomic E-state index is 13.4. The summed E-state index contributed by atoms with van der Waals surface area (Å²) >= 11 is 5.93. The van der Waals surface area contributed by atoms with Crippen LogP contribution < -0.4 is 0 Å². The van der Waals surface area contributed by atoms with Crippen molar-refractivity contribution in [3.05, 3.63) is 34.2 Å². The fourth-order valence-electron chi connectivity index (χ4n) is 3.20. The molecule has 1 fully saturated rings. The van der Waals surface area contributed by atoms with Gasteiger partial charge in [0.2, 0.25) is 5.92 Å². The number of pyridine rings is 1. The summed E-state index contributed by atoms with van der Waals surface area (Å²) in [5, 5.41) is 8.97. The van der Waals surface area contributed by atoms with Gasteiger partial charge in [-0.2, -0.15) is 18.4 Å². The zero-order valence-corrected chi connectivity index (χ0v) is 13.6. The highest BCUT2D eigenvalue weighted by Gasteiger charge is 2.40. The van der Waals surface area contributed by atoms with Crippen LogP contribution in [0.25, 0.3) is 5.65 Å². The predicted octanol–water partition coefficient (Wildman–Crippen LogP) is 5.25. The molecule has 0 N–H and O–H groups in total. The largest absolute Gasteiger partial charge is 0.435 e. The monoisotopic (exact) mass is 377 g/mol. The molecule has 3 rings (SSSR count). The normalized spacial score (nSPS) is 18.4. The van der Waals surface area contributed by atoms with E-state index in [0.29, 0.717) is 0 Å². The van der Waals surface area contributed by atoms with Crippen LogP contribution in [0, 0.1) is 17.2 Å². The van der Waals surface area contributed by atoms with Crippen LogP contribution in [0.1, 0.15) is 42.6 Å². The highest BCUT2D eigenvalue weighted by Crippen LogP contribution is 2.40. The Morgan fingerprint density at radius 1 is 1.32 bits per heavy atom. The van der Waals surface area contributed by atoms with Gasteiger partial charge in [0.25, 0.3) is 0 Å². The number of nitrogens with zero attached hydrogens (tertiary/aromatic N) is 3. The highest BCUT2D eigenvalue weighted by atomic mass is 35.5. The van der Waals surface area contributed by atoms with Gasteiger partial charge in [-0.25, -0.2) is 13.8 Å². The second kappa shape index (κ2) is 6.13. The van der Waals surface area contributed by atoms with E-state index in [2.05, 4.69) is 4.98 Å². The summed E-state index contributed by atoms with van der Waals surface area (Å²) in [6.07, 6.45) is -3.81. The fourth-order valence-corrected chi connectivity index (χ4v) is 3.39. The van der Waals surface area contributed by atoms with Gasteiger partial charge in [0.1, 0.15) is 11.7 Å². The van der Waals surface area contributed by atoms with E-state index in [1.165, 1.54) is 16.7 Å². The maximum atomic E-state index is 13.4. The van der Waals surface area contributed by atoms with Gasteiger partial charge in [0.15, 0.2) is 5.69 Å². The molecule has 0 atom stereocenters. The summed E-state index contributed by atoms with van der Waals surface area (Å²) in [7, 11) is 0. The molecule has 2 heterocycles. The van der Waals surface area contributed by atoms with Crippen LogP contribution in [0.2, 0.25) is 5.02 Å². The number of hydrogen-bond donors (Lipinski definition) is 0. The Balaban J connectivity index is 2.03. The van der Waals surface area contributed by atoms with Gasteiger partial charge in [0, 0.05) is 25.1 Å². The number of hydrogen-bond acceptors (Lipinski definition) is 2. The highest BCUT2D eigenvalue weighted by molar-refractivity contribution is 6.31. The van der Waals surface area contributed by atoms with Crippen LogP contribution in [-0.4, -0.2) is 15.3 Å². The van der Waals surface area contributed by atoms with E-state index in [1.54, 1.807) is 6.07 Å². The van der Waals surface area contributed by atoms with Crippen LogP contribution >= 0.6 is 11.6 Å². The lowest BCUT2D eigenvalue weighted by atomic mass is 9.83. The van der Waals surface area contributed by atoms with E-state index in [9.17, 15) is 22.0 Å². The minimum atomic E-state index is -4.68. The second-order valence-electron chi connectivity index (χ2n) is 6.28. The summed E-state index contributed by atoms with van der Waals surface area (Å²) in [5.74, 6) is -3.02. The molecule has 134 valence electrons. The molecule has 0 spiro atoms. The lowest BCUT2D eigenvalue weighted by molar-refractivity contribution is -0.141. The molecule has 0 bridgehead atoms. The fraction of sp³-hybridized carbons (Fsp3) is 0.500. The number of fused-ring (bicyclic) bond motifs is 1. The quantitative estimate of drug-likeness (QED) is 0.671. The lowest BCUT2D eigenvalue weighted by Gasteiger charge is -2.28. The average Bonchev–Trinajstić information content (AvgIpc) is 2.86. The van der Waals surface area contributed by atoms with E-state index in [-0.39, 0.29) is 59.9 Å². The molecular weight excluding hydrogens is 365 g/mol. The summed E-state index contributed by atoms with van der Waals surface area (Å²) in [4.78, 5) is 3.61. The van der Waals surface area contributed by atoms with Gasteiger partial charge in [-0.1, -0.05) is 11.6 Å². The summed E-state index contributed by atoms with van der Waals surface area (Å²) in [5.41, 5.74) is -1.18. The van der Waals surface area contributed by atoms with Gasteiger partial charge < -0.3 is 4.40 Å². The smallest absolute Gasteiger partial charge is 0.302 e. The molecule has 1 aliphatic carbocycles. The summed E-state index contributed by atoms with van der Waals surface area (Å²) in [6.45, 7) is 0.